The van der Waals surface area contributed by atoms with E-state index in [0.29, 0.717) is 56.6 Å². The van der Waals surface area contributed by atoms with Gasteiger partial charge in [0.05, 0.1) is 28.2 Å². The molecule has 0 unspecified atom stereocenters. The van der Waals surface area contributed by atoms with Gasteiger partial charge in [-0.3, -0.25) is 4.79 Å². The third-order valence-corrected chi connectivity index (χ3v) is 8.61. The van der Waals surface area contributed by atoms with Crippen LogP contribution in [0, 0.1) is 11.3 Å². The summed E-state index contributed by atoms with van der Waals surface area (Å²) < 4.78 is 5.69. The zero-order valence-corrected chi connectivity index (χ0v) is 25.9. The summed E-state index contributed by atoms with van der Waals surface area (Å²) in [6.45, 7) is 8.37. The summed E-state index contributed by atoms with van der Waals surface area (Å²) in [6.07, 6.45) is 1.04. The van der Waals surface area contributed by atoms with Crippen LogP contribution >= 0.6 is 23.4 Å². The molecule has 5 nitrogen and oxygen atoms in total. The second-order valence-corrected chi connectivity index (χ2v) is 12.7. The van der Waals surface area contributed by atoms with Gasteiger partial charge in [0.15, 0.2) is 5.78 Å². The second kappa shape index (κ2) is 13.9. The van der Waals surface area contributed by atoms with Crippen LogP contribution < -0.4 is 5.32 Å². The average Bonchev–Trinajstić information content (AvgIpc) is 2.98. The molecule has 0 radical (unpaired) electrons. The fourth-order valence-corrected chi connectivity index (χ4v) is 6.11. The van der Waals surface area contributed by atoms with Crippen molar-refractivity contribution in [2.75, 3.05) is 5.75 Å². The van der Waals surface area contributed by atoms with Crippen LogP contribution in [0.15, 0.2) is 101 Å². The molecule has 3 aromatic rings. The second-order valence-electron chi connectivity index (χ2n) is 11.2. The molecule has 0 aliphatic carbocycles. The Balaban J connectivity index is 1.49. The number of nitrogens with one attached hydrogen (secondary N) is 1. The van der Waals surface area contributed by atoms with Crippen LogP contribution in [0.25, 0.3) is 0 Å². The summed E-state index contributed by atoms with van der Waals surface area (Å²) in [4.78, 5) is 26.3. The molecule has 0 saturated heterocycles. The number of dihydropyridines is 1. The van der Waals surface area contributed by atoms with Crippen LogP contribution in [0.2, 0.25) is 5.02 Å². The quantitative estimate of drug-likeness (QED) is 0.143. The molecule has 1 aliphatic heterocycles. The Morgan fingerprint density at radius 2 is 1.67 bits per heavy atom. The van der Waals surface area contributed by atoms with E-state index in [1.807, 2.05) is 79.7 Å². The van der Waals surface area contributed by atoms with E-state index in [2.05, 4.69) is 32.2 Å². The molecular weight excluding hydrogens is 564 g/mol. The van der Waals surface area contributed by atoms with Gasteiger partial charge in [0, 0.05) is 22.7 Å². The van der Waals surface area contributed by atoms with Crippen LogP contribution in [0.4, 0.5) is 0 Å². The van der Waals surface area contributed by atoms with Crippen molar-refractivity contribution in [3.63, 3.8) is 0 Å². The van der Waals surface area contributed by atoms with Crippen molar-refractivity contribution in [1.29, 1.82) is 5.26 Å². The lowest BCUT2D eigenvalue weighted by molar-refractivity contribution is -0.140. The Hall–Kier alpha value is -3.79. The first-order valence-electron chi connectivity index (χ1n) is 13.9. The highest BCUT2D eigenvalue weighted by molar-refractivity contribution is 8.03. The predicted octanol–water partition coefficient (Wildman–Crippen LogP) is 8.47. The molecule has 7 heteroatoms. The highest BCUT2D eigenvalue weighted by atomic mass is 35.5. The van der Waals surface area contributed by atoms with Crippen molar-refractivity contribution < 1.29 is 14.3 Å². The summed E-state index contributed by atoms with van der Waals surface area (Å²) in [6, 6.07) is 26.9. The van der Waals surface area contributed by atoms with Gasteiger partial charge in [-0.2, -0.15) is 5.26 Å². The van der Waals surface area contributed by atoms with E-state index < -0.39 is 11.9 Å². The van der Waals surface area contributed by atoms with Crippen LogP contribution in [0.3, 0.4) is 0 Å². The first-order valence-corrected chi connectivity index (χ1v) is 15.3. The van der Waals surface area contributed by atoms with Crippen LogP contribution in [-0.4, -0.2) is 17.5 Å². The maximum atomic E-state index is 13.5. The molecule has 1 atom stereocenters. The molecule has 1 heterocycles. The molecule has 0 bridgehead atoms. The van der Waals surface area contributed by atoms with Crippen LogP contribution in [0.1, 0.15) is 73.5 Å². The van der Waals surface area contributed by atoms with Crippen molar-refractivity contribution in [3.8, 4) is 6.07 Å². The fourth-order valence-electron chi connectivity index (χ4n) is 4.83. The molecule has 0 spiro atoms. The maximum absolute atomic E-state index is 13.5. The smallest absolute Gasteiger partial charge is 0.337 e. The zero-order chi connectivity index (χ0) is 30.3. The third kappa shape index (κ3) is 7.53. The first kappa shape index (κ1) is 31.2. The zero-order valence-electron chi connectivity index (χ0n) is 24.4. The first-order chi connectivity index (χ1) is 20.1. The van der Waals surface area contributed by atoms with E-state index >= 15 is 0 Å². The minimum absolute atomic E-state index is 0.0320. The van der Waals surface area contributed by atoms with E-state index in [-0.39, 0.29) is 17.8 Å². The van der Waals surface area contributed by atoms with Gasteiger partial charge in [-0.15, -0.1) is 11.8 Å². The number of halogens is 1. The van der Waals surface area contributed by atoms with Gasteiger partial charge in [-0.1, -0.05) is 105 Å². The van der Waals surface area contributed by atoms with Gasteiger partial charge >= 0.3 is 5.97 Å². The van der Waals surface area contributed by atoms with Gasteiger partial charge in [-0.25, -0.2) is 4.79 Å². The highest BCUT2D eigenvalue weighted by Crippen LogP contribution is 2.43. The minimum Gasteiger partial charge on any atom is -0.457 e. The monoisotopic (exact) mass is 598 g/mol. The lowest BCUT2D eigenvalue weighted by atomic mass is 9.82. The van der Waals surface area contributed by atoms with Gasteiger partial charge in [0.2, 0.25) is 0 Å². The van der Waals surface area contributed by atoms with Gasteiger partial charge in [0.25, 0.3) is 0 Å². The summed E-state index contributed by atoms with van der Waals surface area (Å²) in [5, 5.41) is 14.7. The Morgan fingerprint density at radius 3 is 2.31 bits per heavy atom. The van der Waals surface area contributed by atoms with Crippen molar-refractivity contribution in [2.45, 2.75) is 58.5 Å². The Bertz CT molecular complexity index is 1550. The van der Waals surface area contributed by atoms with Crippen LogP contribution in [0.5, 0.6) is 0 Å². The van der Waals surface area contributed by atoms with Gasteiger partial charge < -0.3 is 10.1 Å². The fraction of sp³-hybridized carbons (Fsp3) is 0.286. The lowest BCUT2D eigenvalue weighted by Crippen LogP contribution is -2.29. The summed E-state index contributed by atoms with van der Waals surface area (Å²) in [5.74, 6) is -0.474. The average molecular weight is 599 g/mol. The number of ketones is 1. The van der Waals surface area contributed by atoms with E-state index in [1.165, 1.54) is 17.3 Å². The Kier molecular flexibility index (Phi) is 10.3. The molecule has 0 amide bonds. The van der Waals surface area contributed by atoms with E-state index in [0.717, 1.165) is 5.56 Å². The molecular formula is C35H35ClN2O3S. The number of allylic oxidation sites excluding steroid dienone is 2. The molecule has 3 aromatic carbocycles. The van der Waals surface area contributed by atoms with E-state index in [1.54, 1.807) is 6.07 Å². The van der Waals surface area contributed by atoms with Gasteiger partial charge in [0.1, 0.15) is 6.61 Å². The standard InChI is InChI=1S/C35H35ClN2O3S/c1-23-31(34(40)41-22-24-11-6-5-7-12-24)32(27-13-8-9-14-29(27)36)28(21-37)33(38-23)42-20-10-15-30(39)25-16-18-26(19-17-25)35(2,3)4/h5-9,11-14,16-19,32,38H,10,15,20,22H2,1-4H3/t32-/m0/s1. The highest BCUT2D eigenvalue weighted by Gasteiger charge is 2.36. The summed E-state index contributed by atoms with van der Waals surface area (Å²) in [5.41, 5.74) is 4.82. The lowest BCUT2D eigenvalue weighted by Gasteiger charge is -2.30. The molecule has 216 valence electrons. The molecule has 0 saturated carbocycles. The summed E-state index contributed by atoms with van der Waals surface area (Å²) >= 11 is 8.07. The number of rotatable bonds is 10. The normalized spacial score (nSPS) is 15.2. The number of Topliss-reactive ketones (excluding diaryl/α,β-unsaturated/α-hetero) is 1. The summed E-state index contributed by atoms with van der Waals surface area (Å²) in [7, 11) is 0. The van der Waals surface area contributed by atoms with Crippen molar-refractivity contribution >= 4 is 35.1 Å². The molecule has 4 rings (SSSR count). The molecule has 0 aromatic heterocycles. The molecule has 42 heavy (non-hydrogen) atoms. The molecule has 1 aliphatic rings. The number of ether oxygens (including phenoxy) is 1. The van der Waals surface area contributed by atoms with Crippen LogP contribution in [-0.2, 0) is 21.6 Å². The number of nitrogens with zero attached hydrogens (tertiary/aromatic N) is 1. The number of thioether (sulfide) groups is 1. The molecule has 0 fully saturated rings. The Morgan fingerprint density at radius 1 is 1.00 bits per heavy atom. The van der Waals surface area contributed by atoms with Crippen molar-refractivity contribution in [1.82, 2.24) is 5.32 Å². The number of esters is 1. The van der Waals surface area contributed by atoms with E-state index in [4.69, 9.17) is 16.3 Å². The topological polar surface area (TPSA) is 79.2 Å². The number of carbonyl (C=O) groups is 2. The predicted molar refractivity (Wildman–Crippen MR) is 170 cm³/mol. The number of hydrogen-bond acceptors (Lipinski definition) is 6. The largest absolute Gasteiger partial charge is 0.457 e. The number of benzene rings is 3. The SMILES string of the molecule is CC1=C(C(=O)OCc2ccccc2)[C@@H](c2ccccc2Cl)C(C#N)=C(SCCCC(=O)c2ccc(C(C)(C)C)cc2)N1. The molecule has 1 N–H and O–H groups in total. The third-order valence-electron chi connectivity index (χ3n) is 7.16. The van der Waals surface area contributed by atoms with E-state index in [9.17, 15) is 14.9 Å². The van der Waals surface area contributed by atoms with Crippen molar-refractivity contribution in [3.05, 3.63) is 128 Å². The number of nitriles is 1. The number of hydrogen-bond donors (Lipinski definition) is 1. The minimum atomic E-state index is -0.682. The van der Waals surface area contributed by atoms with Gasteiger partial charge in [-0.05, 0) is 47.3 Å². The number of carbonyl (C=O) groups excluding carboxylic acids is 2. The Labute approximate surface area is 257 Å². The maximum Gasteiger partial charge on any atom is 0.337 e. The van der Waals surface area contributed by atoms with Crippen molar-refractivity contribution in [2.24, 2.45) is 0 Å².